The fraction of sp³-hybridized carbons (Fsp3) is 0.929. The number of hydrogen-bond donors (Lipinski definition) is 2. The van der Waals surface area contributed by atoms with Crippen LogP contribution in [0.5, 0.6) is 0 Å². The van der Waals surface area contributed by atoms with E-state index in [-0.39, 0.29) is 12.7 Å². The van der Waals surface area contributed by atoms with Crippen LogP contribution < -0.4 is 0 Å². The zero-order valence-corrected chi connectivity index (χ0v) is 21.2. The summed E-state index contributed by atoms with van der Waals surface area (Å²) in [6, 6.07) is 0. The van der Waals surface area contributed by atoms with E-state index in [9.17, 15) is 5.11 Å². The van der Waals surface area contributed by atoms with Crippen LogP contribution in [0.1, 0.15) is 142 Å². The zero-order chi connectivity index (χ0) is 22.8. The fourth-order valence-electron chi connectivity index (χ4n) is 4.08. The number of unbranched alkanes of at least 4 members (excludes halogenated alkanes) is 16. The number of ether oxygens (including phenoxy) is 1. The van der Waals surface area contributed by atoms with Crippen LogP contribution in [-0.4, -0.2) is 35.6 Å². The molecule has 0 heterocycles. The van der Waals surface area contributed by atoms with Crippen molar-refractivity contribution in [2.24, 2.45) is 0 Å². The van der Waals surface area contributed by atoms with E-state index in [1.807, 2.05) is 0 Å². The van der Waals surface area contributed by atoms with Gasteiger partial charge >= 0.3 is 0 Å². The number of hydrogen-bond acceptors (Lipinski definition) is 3. The van der Waals surface area contributed by atoms with Gasteiger partial charge in [0, 0.05) is 6.61 Å². The highest BCUT2D eigenvalue weighted by molar-refractivity contribution is 4.81. The van der Waals surface area contributed by atoms with E-state index >= 15 is 0 Å². The molecule has 0 aliphatic carbocycles. The Morgan fingerprint density at radius 2 is 1.06 bits per heavy atom. The van der Waals surface area contributed by atoms with Crippen molar-refractivity contribution >= 4 is 0 Å². The maximum Gasteiger partial charge on any atom is 0.103 e. The first kappa shape index (κ1) is 30.6. The molecule has 0 amide bonds. The van der Waals surface area contributed by atoms with Gasteiger partial charge in [-0.1, -0.05) is 116 Å². The van der Waals surface area contributed by atoms with Gasteiger partial charge in [-0.2, -0.15) is 0 Å². The lowest BCUT2D eigenvalue weighted by atomic mass is 10.1. The topological polar surface area (TPSA) is 49.7 Å². The molecule has 0 fully saturated rings. The lowest BCUT2D eigenvalue weighted by Crippen LogP contribution is -2.32. The van der Waals surface area contributed by atoms with Crippen LogP contribution in [0.2, 0.25) is 0 Å². The van der Waals surface area contributed by atoms with Gasteiger partial charge in [-0.3, -0.25) is 0 Å². The van der Waals surface area contributed by atoms with Gasteiger partial charge in [-0.05, 0) is 38.5 Å². The average Bonchev–Trinajstić information content (AvgIpc) is 2.78. The van der Waals surface area contributed by atoms with Gasteiger partial charge in [0.2, 0.25) is 0 Å². The number of rotatable bonds is 25. The molecule has 2 N–H and O–H groups in total. The highest BCUT2D eigenvalue weighted by Crippen LogP contribution is 2.13. The summed E-state index contributed by atoms with van der Waals surface area (Å²) in [4.78, 5) is 0. The molecule has 0 saturated carbocycles. The molecule has 3 nitrogen and oxygen atoms in total. The van der Waals surface area contributed by atoms with Crippen LogP contribution >= 0.6 is 0 Å². The minimum absolute atomic E-state index is 0.203. The predicted octanol–water partition coefficient (Wildman–Crippen LogP) is 8.12. The summed E-state index contributed by atoms with van der Waals surface area (Å²) in [6.07, 6.45) is 29.7. The summed E-state index contributed by atoms with van der Waals surface area (Å²) in [5.74, 6) is 0. The monoisotopic (exact) mass is 440 g/mol. The fourth-order valence-corrected chi connectivity index (χ4v) is 4.08. The van der Waals surface area contributed by atoms with E-state index in [0.717, 1.165) is 19.3 Å². The van der Waals surface area contributed by atoms with Gasteiger partial charge in [0.1, 0.15) is 6.10 Å². The molecule has 2 unspecified atom stereocenters. The molecule has 3 heteroatoms. The van der Waals surface area contributed by atoms with E-state index in [0.29, 0.717) is 6.61 Å². The highest BCUT2D eigenvalue weighted by Gasteiger charge is 2.17. The summed E-state index contributed by atoms with van der Waals surface area (Å²) >= 11 is 0. The van der Waals surface area contributed by atoms with E-state index in [1.54, 1.807) is 0 Å². The van der Waals surface area contributed by atoms with E-state index in [2.05, 4.69) is 26.0 Å². The van der Waals surface area contributed by atoms with E-state index in [1.165, 1.54) is 109 Å². The van der Waals surface area contributed by atoms with Crippen molar-refractivity contribution in [1.82, 2.24) is 0 Å². The Morgan fingerprint density at radius 1 is 0.613 bits per heavy atom. The van der Waals surface area contributed by atoms with Crippen LogP contribution in [0, 0.1) is 0 Å². The van der Waals surface area contributed by atoms with Gasteiger partial charge < -0.3 is 14.9 Å². The second-order valence-electron chi connectivity index (χ2n) is 9.30. The van der Waals surface area contributed by atoms with Gasteiger partial charge in [0.15, 0.2) is 0 Å². The number of allylic oxidation sites excluding steroid dienone is 2. The molecule has 0 saturated heterocycles. The van der Waals surface area contributed by atoms with Crippen molar-refractivity contribution in [1.29, 1.82) is 0 Å². The molecule has 0 aliphatic heterocycles. The Kier molecular flexibility index (Phi) is 25.6. The molecule has 0 aromatic rings. The van der Waals surface area contributed by atoms with E-state index in [4.69, 9.17) is 9.84 Å². The van der Waals surface area contributed by atoms with Crippen LogP contribution in [-0.2, 0) is 4.74 Å². The van der Waals surface area contributed by atoms with Crippen molar-refractivity contribution < 1.29 is 14.9 Å². The lowest BCUT2D eigenvalue weighted by Gasteiger charge is -2.21. The minimum Gasteiger partial charge on any atom is -0.394 e. The standard InChI is InChI=1S/C28H56O3/c1-3-5-6-7-8-9-10-11-12-13-14-15-16-17-18-19-20-21-22-23-25-31-28(24-4-2)27(30)26-29/h11-12,27-30H,3-10,13-26H2,1-2H3. The molecule has 0 bridgehead atoms. The smallest absolute Gasteiger partial charge is 0.103 e. The highest BCUT2D eigenvalue weighted by atomic mass is 16.5. The number of aliphatic hydroxyl groups is 2. The summed E-state index contributed by atoms with van der Waals surface area (Å²) in [5.41, 5.74) is 0. The van der Waals surface area contributed by atoms with Crippen molar-refractivity contribution in [2.75, 3.05) is 13.2 Å². The molecule has 0 rings (SSSR count). The van der Waals surface area contributed by atoms with Crippen LogP contribution in [0.15, 0.2) is 12.2 Å². The summed E-state index contributed by atoms with van der Waals surface area (Å²) < 4.78 is 5.76. The SMILES string of the molecule is CCCCCCCCC=CCCCCCCCCCCCCOC(CCC)C(O)CO. The Balaban J connectivity index is 3.25. The molecule has 0 spiro atoms. The number of aliphatic hydroxyl groups excluding tert-OH is 2. The Bertz CT molecular complexity index is 356. The molecule has 0 aromatic heterocycles. The first-order valence-electron chi connectivity index (χ1n) is 13.8. The van der Waals surface area contributed by atoms with Gasteiger partial charge in [0.25, 0.3) is 0 Å². The molecule has 31 heavy (non-hydrogen) atoms. The zero-order valence-electron chi connectivity index (χ0n) is 21.2. The third kappa shape index (κ3) is 22.6. The predicted molar refractivity (Wildman–Crippen MR) is 136 cm³/mol. The third-order valence-electron chi connectivity index (χ3n) is 6.18. The minimum atomic E-state index is -0.735. The summed E-state index contributed by atoms with van der Waals surface area (Å²) in [5, 5.41) is 18.8. The van der Waals surface area contributed by atoms with Crippen LogP contribution in [0.3, 0.4) is 0 Å². The first-order chi connectivity index (χ1) is 15.3. The molecule has 0 aliphatic rings. The van der Waals surface area contributed by atoms with Gasteiger partial charge in [-0.25, -0.2) is 0 Å². The largest absolute Gasteiger partial charge is 0.394 e. The summed E-state index contributed by atoms with van der Waals surface area (Å²) in [7, 11) is 0. The second-order valence-corrected chi connectivity index (χ2v) is 9.30. The first-order valence-corrected chi connectivity index (χ1v) is 13.8. The molecule has 186 valence electrons. The van der Waals surface area contributed by atoms with E-state index < -0.39 is 6.10 Å². The van der Waals surface area contributed by atoms with Crippen LogP contribution in [0.4, 0.5) is 0 Å². The maximum atomic E-state index is 9.74. The van der Waals surface area contributed by atoms with Crippen molar-refractivity contribution in [3.63, 3.8) is 0 Å². The normalized spacial score (nSPS) is 13.8. The third-order valence-corrected chi connectivity index (χ3v) is 6.18. The molecular weight excluding hydrogens is 384 g/mol. The average molecular weight is 441 g/mol. The molecule has 0 radical (unpaired) electrons. The Hall–Kier alpha value is -0.380. The van der Waals surface area contributed by atoms with Gasteiger partial charge in [0.05, 0.1) is 12.7 Å². The quantitative estimate of drug-likeness (QED) is 0.111. The molecular formula is C28H56O3. The van der Waals surface area contributed by atoms with Crippen molar-refractivity contribution in [3.05, 3.63) is 12.2 Å². The summed E-state index contributed by atoms with van der Waals surface area (Å²) in [6.45, 7) is 4.85. The molecule has 2 atom stereocenters. The van der Waals surface area contributed by atoms with Crippen molar-refractivity contribution in [3.8, 4) is 0 Å². The second kappa shape index (κ2) is 25.9. The van der Waals surface area contributed by atoms with Crippen molar-refractivity contribution in [2.45, 2.75) is 154 Å². The molecule has 0 aromatic carbocycles. The Morgan fingerprint density at radius 3 is 1.52 bits per heavy atom. The Labute approximate surface area is 195 Å². The van der Waals surface area contributed by atoms with Gasteiger partial charge in [-0.15, -0.1) is 0 Å². The maximum absolute atomic E-state index is 9.74. The van der Waals surface area contributed by atoms with Crippen LogP contribution in [0.25, 0.3) is 0 Å². The lowest BCUT2D eigenvalue weighted by molar-refractivity contribution is -0.0622.